The lowest BCUT2D eigenvalue weighted by atomic mass is 10.2. The first kappa shape index (κ1) is 10.2. The quantitative estimate of drug-likeness (QED) is 0.340. The van der Waals surface area contributed by atoms with Crippen LogP contribution in [0.4, 0.5) is 0 Å². The van der Waals surface area contributed by atoms with Crippen molar-refractivity contribution in [1.82, 2.24) is 0 Å². The molecule has 0 N–H and O–H groups in total. The van der Waals surface area contributed by atoms with Gasteiger partial charge in [-0.05, 0) is 6.07 Å². The van der Waals surface area contributed by atoms with E-state index in [0.717, 1.165) is 5.39 Å². The van der Waals surface area contributed by atoms with Crippen molar-refractivity contribution in [3.8, 4) is 11.7 Å². The second-order valence-corrected chi connectivity index (χ2v) is 2.98. The summed E-state index contributed by atoms with van der Waals surface area (Å²) in [5.74, 6) is -0.467. The van der Waals surface area contributed by atoms with Crippen LogP contribution in [0.25, 0.3) is 11.0 Å². The molecule has 0 aliphatic rings. The molecule has 1 aromatic heterocycles. The van der Waals surface area contributed by atoms with Crippen LogP contribution in [0.3, 0.4) is 0 Å². The maximum Gasteiger partial charge on any atom is 0.376 e. The van der Waals surface area contributed by atoms with Crippen molar-refractivity contribution >= 4 is 23.2 Å². The van der Waals surface area contributed by atoms with Gasteiger partial charge in [0.05, 0.1) is 7.11 Å². The number of fused-ring (bicyclic) bond motifs is 1. The highest BCUT2D eigenvalue weighted by Crippen LogP contribution is 2.31. The number of para-hydroxylation sites is 1. The normalized spacial score (nSPS) is 10.1. The molecule has 0 bridgehead atoms. The Morgan fingerprint density at radius 1 is 1.44 bits per heavy atom. The van der Waals surface area contributed by atoms with Crippen LogP contribution in [0.1, 0.15) is 0 Å². The third-order valence-electron chi connectivity index (χ3n) is 1.99. The number of esters is 1. The average Bonchev–Trinajstić information content (AvgIpc) is 2.73. The summed E-state index contributed by atoms with van der Waals surface area (Å²) in [5, 5.41) is 0.730. The average molecular weight is 220 g/mol. The third-order valence-corrected chi connectivity index (χ3v) is 1.99. The lowest BCUT2D eigenvalue weighted by molar-refractivity contribution is -0.141. The van der Waals surface area contributed by atoms with Crippen molar-refractivity contribution in [2.75, 3.05) is 7.11 Å². The minimum atomic E-state index is -0.970. The fourth-order valence-corrected chi connectivity index (χ4v) is 1.33. The highest BCUT2D eigenvalue weighted by molar-refractivity contribution is 6.21. The molecule has 0 aliphatic carbocycles. The Labute approximate surface area is 90.6 Å². The van der Waals surface area contributed by atoms with Crippen LogP contribution in [0.5, 0.6) is 11.7 Å². The molecule has 0 unspecified atom stereocenters. The smallest absolute Gasteiger partial charge is 0.376 e. The standard InChI is InChI=1S/C11H8O5/c1-14-10-5-7-3-2-4-8(11(7)16-10)15-9(13)6-12/h2-6H,1H3. The Morgan fingerprint density at radius 3 is 2.94 bits per heavy atom. The highest BCUT2D eigenvalue weighted by atomic mass is 16.6. The summed E-state index contributed by atoms with van der Waals surface area (Å²) in [6.45, 7) is 0. The first-order valence-corrected chi connectivity index (χ1v) is 4.48. The zero-order valence-electron chi connectivity index (χ0n) is 8.43. The number of ether oxygens (including phenoxy) is 2. The number of carbonyl (C=O) groups is 2. The van der Waals surface area contributed by atoms with Gasteiger partial charge in [0.1, 0.15) is 0 Å². The monoisotopic (exact) mass is 220 g/mol. The molecule has 0 spiro atoms. The van der Waals surface area contributed by atoms with E-state index in [1.54, 1.807) is 18.2 Å². The topological polar surface area (TPSA) is 65.7 Å². The van der Waals surface area contributed by atoms with Gasteiger partial charge in [0.25, 0.3) is 5.95 Å². The van der Waals surface area contributed by atoms with Gasteiger partial charge in [-0.3, -0.25) is 4.79 Å². The van der Waals surface area contributed by atoms with Gasteiger partial charge < -0.3 is 13.9 Å². The Morgan fingerprint density at radius 2 is 2.25 bits per heavy atom. The largest absolute Gasteiger partial charge is 0.468 e. The van der Waals surface area contributed by atoms with Gasteiger partial charge in [-0.1, -0.05) is 12.1 Å². The van der Waals surface area contributed by atoms with Gasteiger partial charge in [0, 0.05) is 11.5 Å². The Kier molecular flexibility index (Phi) is 2.59. The number of carbonyl (C=O) groups excluding carboxylic acids is 2. The van der Waals surface area contributed by atoms with E-state index in [9.17, 15) is 9.59 Å². The summed E-state index contributed by atoms with van der Waals surface area (Å²) in [7, 11) is 1.47. The number of methoxy groups -OCH3 is 1. The molecule has 0 saturated heterocycles. The van der Waals surface area contributed by atoms with Crippen LogP contribution >= 0.6 is 0 Å². The van der Waals surface area contributed by atoms with Crippen molar-refractivity contribution in [3.05, 3.63) is 24.3 Å². The molecule has 2 rings (SSSR count). The summed E-state index contributed by atoms with van der Waals surface area (Å²) in [6, 6.07) is 6.66. The minimum absolute atomic E-state index is 0.0962. The first-order chi connectivity index (χ1) is 7.74. The van der Waals surface area contributed by atoms with Gasteiger partial charge in [0.2, 0.25) is 6.29 Å². The summed E-state index contributed by atoms with van der Waals surface area (Å²) < 4.78 is 15.0. The fourth-order valence-electron chi connectivity index (χ4n) is 1.33. The number of hydrogen-bond acceptors (Lipinski definition) is 5. The van der Waals surface area contributed by atoms with E-state index in [1.165, 1.54) is 13.2 Å². The van der Waals surface area contributed by atoms with Gasteiger partial charge >= 0.3 is 5.97 Å². The molecule has 0 saturated carbocycles. The number of rotatable bonds is 3. The van der Waals surface area contributed by atoms with Crippen molar-refractivity contribution in [2.45, 2.75) is 0 Å². The van der Waals surface area contributed by atoms with Gasteiger partial charge in [-0.15, -0.1) is 0 Å². The predicted molar refractivity (Wildman–Crippen MR) is 54.5 cm³/mol. The third kappa shape index (κ3) is 1.75. The van der Waals surface area contributed by atoms with E-state index in [1.807, 2.05) is 0 Å². The van der Waals surface area contributed by atoms with Crippen molar-refractivity contribution in [3.63, 3.8) is 0 Å². The molecule has 1 aromatic carbocycles. The molecule has 0 fully saturated rings. The number of hydrogen-bond donors (Lipinski definition) is 0. The Hall–Kier alpha value is -2.30. The zero-order chi connectivity index (χ0) is 11.5. The van der Waals surface area contributed by atoms with Crippen LogP contribution in [0, 0.1) is 0 Å². The zero-order valence-corrected chi connectivity index (χ0v) is 8.43. The van der Waals surface area contributed by atoms with Crippen LogP contribution in [-0.2, 0) is 9.59 Å². The lowest BCUT2D eigenvalue weighted by Gasteiger charge is -1.99. The molecular weight excluding hydrogens is 212 g/mol. The van der Waals surface area contributed by atoms with Crippen LogP contribution < -0.4 is 9.47 Å². The van der Waals surface area contributed by atoms with Crippen LogP contribution in [-0.4, -0.2) is 19.4 Å². The minimum Gasteiger partial charge on any atom is -0.468 e. The van der Waals surface area contributed by atoms with Crippen molar-refractivity contribution < 1.29 is 23.5 Å². The summed E-state index contributed by atoms with van der Waals surface area (Å²) in [6.07, 6.45) is 0.0962. The van der Waals surface area contributed by atoms with Crippen LogP contribution in [0.15, 0.2) is 28.7 Å². The van der Waals surface area contributed by atoms with Gasteiger partial charge in [-0.2, -0.15) is 0 Å². The number of benzene rings is 1. The summed E-state index contributed by atoms with van der Waals surface area (Å²) in [5.41, 5.74) is 0.370. The molecule has 0 atom stereocenters. The molecule has 5 nitrogen and oxygen atoms in total. The van der Waals surface area contributed by atoms with Crippen molar-refractivity contribution in [2.24, 2.45) is 0 Å². The van der Waals surface area contributed by atoms with Gasteiger partial charge in [0.15, 0.2) is 11.3 Å². The molecule has 82 valence electrons. The van der Waals surface area contributed by atoms with E-state index in [2.05, 4.69) is 0 Å². The summed E-state index contributed by atoms with van der Waals surface area (Å²) in [4.78, 5) is 21.0. The second-order valence-electron chi connectivity index (χ2n) is 2.98. The molecule has 1 heterocycles. The van der Waals surface area contributed by atoms with E-state index < -0.39 is 5.97 Å². The molecule has 16 heavy (non-hydrogen) atoms. The predicted octanol–water partition coefficient (Wildman–Crippen LogP) is 1.55. The lowest BCUT2D eigenvalue weighted by Crippen LogP contribution is -2.08. The maximum atomic E-state index is 10.8. The number of aldehydes is 1. The Bertz CT molecular complexity index is 540. The van der Waals surface area contributed by atoms with E-state index in [4.69, 9.17) is 13.9 Å². The summed E-state index contributed by atoms with van der Waals surface area (Å²) >= 11 is 0. The molecular formula is C11H8O5. The molecule has 0 aliphatic heterocycles. The van der Waals surface area contributed by atoms with E-state index in [-0.39, 0.29) is 12.0 Å². The van der Waals surface area contributed by atoms with Gasteiger partial charge in [-0.25, -0.2) is 4.79 Å². The SMILES string of the molecule is COc1cc2cccc(OC(=O)C=O)c2o1. The molecule has 0 radical (unpaired) electrons. The fraction of sp³-hybridized carbons (Fsp3) is 0.0909. The molecule has 2 aromatic rings. The van der Waals surface area contributed by atoms with Crippen LogP contribution in [0.2, 0.25) is 0 Å². The molecule has 0 amide bonds. The van der Waals surface area contributed by atoms with E-state index in [0.29, 0.717) is 11.5 Å². The van der Waals surface area contributed by atoms with Crippen molar-refractivity contribution in [1.29, 1.82) is 0 Å². The first-order valence-electron chi connectivity index (χ1n) is 4.48. The second kappa shape index (κ2) is 4.06. The maximum absolute atomic E-state index is 10.8. The number of furan rings is 1. The Balaban J connectivity index is 2.48. The van der Waals surface area contributed by atoms with E-state index >= 15 is 0 Å². The highest BCUT2D eigenvalue weighted by Gasteiger charge is 2.11. The molecule has 5 heteroatoms.